The Labute approximate surface area is 190 Å². The predicted octanol–water partition coefficient (Wildman–Crippen LogP) is -0.764. The number of rotatable bonds is 10. The molecule has 0 heterocycles. The summed E-state index contributed by atoms with van der Waals surface area (Å²) in [6.45, 7) is 0.502. The van der Waals surface area contributed by atoms with Crippen LogP contribution < -0.4 is 26.8 Å². The van der Waals surface area contributed by atoms with Crippen LogP contribution in [0.5, 0.6) is 0 Å². The van der Waals surface area contributed by atoms with E-state index in [0.717, 1.165) is 0 Å². The molecule has 0 aliphatic rings. The Bertz CT molecular complexity index is 1110. The number of nitrogens with one attached hydrogen (secondary N) is 4. The summed E-state index contributed by atoms with van der Waals surface area (Å²) in [5, 5.41) is 12.1. The van der Waals surface area contributed by atoms with Gasteiger partial charge in [0.2, 0.25) is 10.0 Å². The third-order valence-electron chi connectivity index (χ3n) is 4.06. The number of ether oxygens (including phenoxy) is 1. The fourth-order valence-electron chi connectivity index (χ4n) is 2.53. The lowest BCUT2D eigenvalue weighted by Gasteiger charge is -2.13. The number of amides is 1. The normalized spacial score (nSPS) is 11.8. The largest absolute Gasteiger partial charge is 0.389 e. The molecule has 176 valence electrons. The van der Waals surface area contributed by atoms with Crippen LogP contribution >= 0.6 is 0 Å². The molecule has 0 saturated heterocycles. The highest BCUT2D eigenvalue weighted by atomic mass is 32.2. The summed E-state index contributed by atoms with van der Waals surface area (Å²) in [7, 11) is -3.94. The zero-order chi connectivity index (χ0) is 24.4. The van der Waals surface area contributed by atoms with E-state index in [2.05, 4.69) is 15.4 Å². The zero-order valence-corrected chi connectivity index (χ0v) is 18.2. The van der Waals surface area contributed by atoms with Crippen molar-refractivity contribution in [3.63, 3.8) is 0 Å². The first-order valence-electron chi connectivity index (χ1n) is 9.62. The Balaban J connectivity index is 1.84. The molecule has 2 aromatic rings. The second kappa shape index (κ2) is 11.7. The van der Waals surface area contributed by atoms with Crippen LogP contribution in [0.2, 0.25) is 0 Å². The maximum atomic E-state index is 12.2. The molecule has 0 bridgehead atoms. The van der Waals surface area contributed by atoms with Gasteiger partial charge in [0.1, 0.15) is 0 Å². The van der Waals surface area contributed by atoms with E-state index in [1.165, 1.54) is 48.5 Å². The molecule has 0 fully saturated rings. The molecule has 12 nitrogen and oxygen atoms in total. The molecule has 0 radical (unpaired) electrons. The second-order valence-electron chi connectivity index (χ2n) is 6.68. The number of carbonyl (C=O) groups excluding carboxylic acids is 3. The predicted molar refractivity (Wildman–Crippen MR) is 118 cm³/mol. The van der Waals surface area contributed by atoms with Crippen molar-refractivity contribution in [3.05, 3.63) is 65.7 Å². The van der Waals surface area contributed by atoms with Crippen LogP contribution in [0.25, 0.3) is 0 Å². The van der Waals surface area contributed by atoms with E-state index < -0.39 is 40.5 Å². The van der Waals surface area contributed by atoms with Gasteiger partial charge in [0.25, 0.3) is 5.91 Å². The molecule has 0 aromatic heterocycles. The first-order valence-corrected chi connectivity index (χ1v) is 11.1. The van der Waals surface area contributed by atoms with E-state index in [1.807, 2.05) is 0 Å². The number of nitrogens with two attached hydrogens (primary N) is 2. The number of guanidine groups is 1. The third kappa shape index (κ3) is 8.33. The van der Waals surface area contributed by atoms with Gasteiger partial charge < -0.3 is 26.8 Å². The summed E-state index contributed by atoms with van der Waals surface area (Å²) in [6.07, 6.45) is -1.88. The molecule has 0 aliphatic heterocycles. The van der Waals surface area contributed by atoms with Crippen molar-refractivity contribution in [3.8, 4) is 0 Å². The van der Waals surface area contributed by atoms with Crippen LogP contribution in [-0.2, 0) is 19.6 Å². The van der Waals surface area contributed by atoms with Gasteiger partial charge in [-0.25, -0.2) is 13.2 Å². The van der Waals surface area contributed by atoms with Gasteiger partial charge in [0.15, 0.2) is 5.96 Å². The Morgan fingerprint density at radius 3 is 2.12 bits per heavy atom. The summed E-state index contributed by atoms with van der Waals surface area (Å²) >= 11 is 0. The van der Waals surface area contributed by atoms with Crippen molar-refractivity contribution in [2.24, 2.45) is 11.5 Å². The van der Waals surface area contributed by atoms with Crippen molar-refractivity contribution in [1.82, 2.24) is 15.4 Å². The summed E-state index contributed by atoms with van der Waals surface area (Å²) in [4.78, 5) is 36.1. The van der Waals surface area contributed by atoms with E-state index in [4.69, 9.17) is 21.6 Å². The van der Waals surface area contributed by atoms with E-state index in [-0.39, 0.29) is 35.1 Å². The summed E-state index contributed by atoms with van der Waals surface area (Å²) in [5.41, 5.74) is 11.1. The van der Waals surface area contributed by atoms with E-state index in [9.17, 15) is 22.8 Å². The van der Waals surface area contributed by atoms with Gasteiger partial charge in [-0.3, -0.25) is 15.0 Å². The van der Waals surface area contributed by atoms with Gasteiger partial charge in [-0.05, 0) is 36.4 Å². The number of sulfonamides is 1. The van der Waals surface area contributed by atoms with Crippen LogP contribution in [-0.4, -0.2) is 51.5 Å². The molecule has 1 atom stereocenters. The van der Waals surface area contributed by atoms with Gasteiger partial charge in [-0.15, -0.1) is 0 Å². The van der Waals surface area contributed by atoms with Gasteiger partial charge in [-0.1, -0.05) is 18.2 Å². The van der Waals surface area contributed by atoms with Crippen LogP contribution in [0.15, 0.2) is 59.5 Å². The lowest BCUT2D eigenvalue weighted by atomic mass is 10.1. The summed E-state index contributed by atoms with van der Waals surface area (Å²) in [5.74, 6) is -2.62. The lowest BCUT2D eigenvalue weighted by molar-refractivity contribution is -0.138. The van der Waals surface area contributed by atoms with Crippen molar-refractivity contribution in [1.29, 1.82) is 5.41 Å². The molecular weight excluding hydrogens is 452 g/mol. The zero-order valence-electron chi connectivity index (χ0n) is 17.4. The minimum Gasteiger partial charge on any atom is -0.389 e. The topological polar surface area (TPSA) is 207 Å². The number of carbonyl (C=O) groups is 3. The maximum absolute atomic E-state index is 12.2. The van der Waals surface area contributed by atoms with Crippen LogP contribution in [0.1, 0.15) is 27.1 Å². The SMILES string of the molecule is N=C(N)NCCNC(=O)c1ccc(C(=O)OC(=O)C[C@@H](N)NS(=O)(=O)c2ccccc2)cc1. The summed E-state index contributed by atoms with van der Waals surface area (Å²) < 4.78 is 31.2. The molecule has 0 saturated carbocycles. The highest BCUT2D eigenvalue weighted by Crippen LogP contribution is 2.09. The van der Waals surface area contributed by atoms with Gasteiger partial charge >= 0.3 is 11.9 Å². The maximum Gasteiger partial charge on any atom is 0.345 e. The number of hydrogen-bond acceptors (Lipinski definition) is 8. The first kappa shape index (κ1) is 25.5. The Morgan fingerprint density at radius 1 is 0.939 bits per heavy atom. The van der Waals surface area contributed by atoms with Gasteiger partial charge in [0, 0.05) is 18.7 Å². The Hall–Kier alpha value is -3.81. The van der Waals surface area contributed by atoms with E-state index in [0.29, 0.717) is 0 Å². The molecular formula is C20H24N6O6S. The monoisotopic (exact) mass is 476 g/mol. The molecule has 1 amide bonds. The Kier molecular flexibility index (Phi) is 9.03. The van der Waals surface area contributed by atoms with E-state index in [1.54, 1.807) is 6.07 Å². The van der Waals surface area contributed by atoms with Crippen molar-refractivity contribution >= 4 is 33.8 Å². The minimum absolute atomic E-state index is 0.0107. The fourth-order valence-corrected chi connectivity index (χ4v) is 3.66. The molecule has 0 aliphatic carbocycles. The van der Waals surface area contributed by atoms with E-state index >= 15 is 0 Å². The lowest BCUT2D eigenvalue weighted by Crippen LogP contribution is -2.43. The highest BCUT2D eigenvalue weighted by molar-refractivity contribution is 7.89. The van der Waals surface area contributed by atoms with Crippen molar-refractivity contribution < 1.29 is 27.5 Å². The fraction of sp³-hybridized carbons (Fsp3) is 0.200. The molecule has 13 heteroatoms. The molecule has 0 unspecified atom stereocenters. The van der Waals surface area contributed by atoms with Gasteiger partial charge in [0.05, 0.1) is 23.0 Å². The van der Waals surface area contributed by atoms with Crippen LogP contribution in [0.4, 0.5) is 0 Å². The molecule has 0 spiro atoms. The molecule has 8 N–H and O–H groups in total. The van der Waals surface area contributed by atoms with Crippen LogP contribution in [0.3, 0.4) is 0 Å². The van der Waals surface area contributed by atoms with Crippen LogP contribution in [0, 0.1) is 5.41 Å². The average molecular weight is 477 g/mol. The quantitative estimate of drug-likeness (QED) is 0.0635. The number of benzene rings is 2. The third-order valence-corrected chi connectivity index (χ3v) is 5.57. The minimum atomic E-state index is -3.94. The average Bonchev–Trinajstić information content (AvgIpc) is 2.76. The van der Waals surface area contributed by atoms with Gasteiger partial charge in [-0.2, -0.15) is 4.72 Å². The highest BCUT2D eigenvalue weighted by Gasteiger charge is 2.22. The second-order valence-corrected chi connectivity index (χ2v) is 8.39. The standard InChI is InChI=1S/C20H24N6O6S/c21-16(26-33(30,31)15-4-2-1-3-5-15)12-17(27)32-19(29)14-8-6-13(7-9-14)18(28)24-10-11-25-20(22)23/h1-9,16,26H,10-12,21H2,(H,24,28)(H4,22,23,25)/t16-/m0/s1. The first-order chi connectivity index (χ1) is 15.6. The number of hydrogen-bond donors (Lipinski definition) is 6. The Morgan fingerprint density at radius 2 is 1.52 bits per heavy atom. The molecule has 33 heavy (non-hydrogen) atoms. The molecule has 2 rings (SSSR count). The number of esters is 2. The smallest absolute Gasteiger partial charge is 0.345 e. The van der Waals surface area contributed by atoms with Crippen molar-refractivity contribution in [2.45, 2.75) is 17.5 Å². The summed E-state index contributed by atoms with van der Waals surface area (Å²) in [6, 6.07) is 12.8. The van der Waals surface area contributed by atoms with Crippen molar-refractivity contribution in [2.75, 3.05) is 13.1 Å². The molecule has 2 aromatic carbocycles.